The number of hydrogen-bond acceptors (Lipinski definition) is 6. The van der Waals surface area contributed by atoms with Gasteiger partial charge in [-0.15, -0.1) is 0 Å². The first-order valence-corrected chi connectivity index (χ1v) is 9.03. The van der Waals surface area contributed by atoms with Crippen LogP contribution in [0.25, 0.3) is 5.82 Å². The van der Waals surface area contributed by atoms with Crippen LogP contribution in [0.2, 0.25) is 0 Å². The van der Waals surface area contributed by atoms with Crippen molar-refractivity contribution in [2.45, 2.75) is 19.4 Å². The van der Waals surface area contributed by atoms with Crippen molar-refractivity contribution in [1.82, 2.24) is 30.0 Å². The number of aromatic nitrogens is 5. The van der Waals surface area contributed by atoms with Crippen LogP contribution in [0.15, 0.2) is 55.4 Å². The number of nitrogens with zero attached hydrogens (tertiary/aromatic N) is 6. The quantitative estimate of drug-likeness (QED) is 0.741. The van der Waals surface area contributed by atoms with Crippen LogP contribution in [0.4, 0.5) is 5.82 Å². The Morgan fingerprint density at radius 3 is 2.96 bits per heavy atom. The lowest BCUT2D eigenvalue weighted by molar-refractivity contribution is -0.125. The van der Waals surface area contributed by atoms with Crippen LogP contribution in [0.5, 0.6) is 0 Å². The summed E-state index contributed by atoms with van der Waals surface area (Å²) in [5.74, 6) is 1.55. The molecule has 1 saturated heterocycles. The van der Waals surface area contributed by atoms with Crippen molar-refractivity contribution in [2.75, 3.05) is 18.0 Å². The molecule has 1 aliphatic rings. The Morgan fingerprint density at radius 1 is 1.22 bits per heavy atom. The SMILES string of the molecule is O=C(NCc1cccnc1)[C@@H]1CCCN(c2cc(-n3cccn3)ncn2)C1. The van der Waals surface area contributed by atoms with Crippen LogP contribution in [-0.2, 0) is 11.3 Å². The van der Waals surface area contributed by atoms with Gasteiger partial charge in [0, 0.05) is 50.5 Å². The molecule has 0 spiro atoms. The summed E-state index contributed by atoms with van der Waals surface area (Å²) in [6.07, 6.45) is 10.4. The monoisotopic (exact) mass is 363 g/mol. The first-order chi connectivity index (χ1) is 13.3. The standard InChI is InChI=1S/C19H21N7O/c27-19(21-12-15-4-1-6-20-11-15)16-5-2-8-25(13-16)17-10-18(23-14-22-17)26-9-3-7-24-26/h1,3-4,6-7,9-11,14,16H,2,5,8,12-13H2,(H,21,27)/t16-/m1/s1. The lowest BCUT2D eigenvalue weighted by Gasteiger charge is -2.32. The zero-order valence-electron chi connectivity index (χ0n) is 14.9. The van der Waals surface area contributed by atoms with Crippen molar-refractivity contribution in [3.8, 4) is 5.82 Å². The molecule has 0 saturated carbocycles. The minimum absolute atomic E-state index is 0.0569. The minimum atomic E-state index is -0.0569. The molecule has 27 heavy (non-hydrogen) atoms. The van der Waals surface area contributed by atoms with Gasteiger partial charge in [-0.2, -0.15) is 5.10 Å². The number of anilines is 1. The Hall–Kier alpha value is -3.29. The average molecular weight is 363 g/mol. The molecule has 1 atom stereocenters. The number of pyridine rings is 1. The Bertz CT molecular complexity index is 882. The van der Waals surface area contributed by atoms with Gasteiger partial charge < -0.3 is 10.2 Å². The van der Waals surface area contributed by atoms with Gasteiger partial charge in [-0.1, -0.05) is 6.07 Å². The summed E-state index contributed by atoms with van der Waals surface area (Å²) in [6.45, 7) is 2.02. The second-order valence-corrected chi connectivity index (χ2v) is 6.55. The summed E-state index contributed by atoms with van der Waals surface area (Å²) in [5, 5.41) is 7.23. The van der Waals surface area contributed by atoms with E-state index in [2.05, 4.69) is 30.3 Å². The molecule has 3 aromatic rings. The Morgan fingerprint density at radius 2 is 2.15 bits per heavy atom. The largest absolute Gasteiger partial charge is 0.356 e. The predicted molar refractivity (Wildman–Crippen MR) is 100 cm³/mol. The van der Waals surface area contributed by atoms with Crippen molar-refractivity contribution in [2.24, 2.45) is 5.92 Å². The summed E-state index contributed by atoms with van der Waals surface area (Å²) in [5.41, 5.74) is 0.998. The van der Waals surface area contributed by atoms with Crippen LogP contribution in [0, 0.1) is 5.92 Å². The van der Waals surface area contributed by atoms with Crippen LogP contribution < -0.4 is 10.2 Å². The molecule has 138 valence electrons. The number of rotatable bonds is 5. The zero-order valence-corrected chi connectivity index (χ0v) is 14.9. The summed E-state index contributed by atoms with van der Waals surface area (Å²) in [6, 6.07) is 7.59. The molecule has 3 aromatic heterocycles. The molecule has 4 heterocycles. The molecule has 8 heteroatoms. The number of carbonyl (C=O) groups is 1. The summed E-state index contributed by atoms with van der Waals surface area (Å²) in [4.78, 5) is 27.5. The molecule has 0 radical (unpaired) electrons. The van der Waals surface area contributed by atoms with Gasteiger partial charge in [0.25, 0.3) is 0 Å². The second kappa shape index (κ2) is 7.94. The van der Waals surface area contributed by atoms with Gasteiger partial charge in [0.1, 0.15) is 12.1 Å². The average Bonchev–Trinajstić information content (AvgIpc) is 3.28. The fraction of sp³-hybridized carbons (Fsp3) is 0.316. The van der Waals surface area contributed by atoms with E-state index >= 15 is 0 Å². The number of piperidine rings is 1. The van der Waals surface area contributed by atoms with Crippen LogP contribution >= 0.6 is 0 Å². The second-order valence-electron chi connectivity index (χ2n) is 6.55. The maximum Gasteiger partial charge on any atom is 0.225 e. The molecule has 0 aromatic carbocycles. The van der Waals surface area contributed by atoms with E-state index in [9.17, 15) is 4.79 Å². The van der Waals surface area contributed by atoms with E-state index in [4.69, 9.17) is 0 Å². The van der Waals surface area contributed by atoms with Gasteiger partial charge in [-0.3, -0.25) is 9.78 Å². The van der Waals surface area contributed by atoms with Gasteiger partial charge in [0.2, 0.25) is 5.91 Å². The molecule has 0 bridgehead atoms. The van der Waals surface area contributed by atoms with E-state index in [1.165, 1.54) is 0 Å². The van der Waals surface area contributed by atoms with E-state index in [1.807, 2.05) is 30.5 Å². The highest BCUT2D eigenvalue weighted by Gasteiger charge is 2.26. The predicted octanol–water partition coefficient (Wildman–Crippen LogP) is 1.59. The van der Waals surface area contributed by atoms with Crippen LogP contribution in [-0.4, -0.2) is 43.7 Å². The number of carbonyl (C=O) groups excluding carboxylic acids is 1. The summed E-state index contributed by atoms with van der Waals surface area (Å²) in [7, 11) is 0. The van der Waals surface area contributed by atoms with E-state index < -0.39 is 0 Å². The topological polar surface area (TPSA) is 88.8 Å². The Kier molecular flexibility index (Phi) is 5.04. The van der Waals surface area contributed by atoms with Crippen molar-refractivity contribution >= 4 is 11.7 Å². The molecule has 0 aliphatic carbocycles. The van der Waals surface area contributed by atoms with Gasteiger partial charge in [0.15, 0.2) is 5.82 Å². The fourth-order valence-corrected chi connectivity index (χ4v) is 3.28. The molecule has 8 nitrogen and oxygen atoms in total. The summed E-state index contributed by atoms with van der Waals surface area (Å²) >= 11 is 0. The van der Waals surface area contributed by atoms with Crippen molar-refractivity contribution in [3.63, 3.8) is 0 Å². The molecule has 4 rings (SSSR count). The maximum absolute atomic E-state index is 12.6. The number of nitrogens with one attached hydrogen (secondary N) is 1. The molecule has 1 N–H and O–H groups in total. The number of amides is 1. The third-order valence-corrected chi connectivity index (χ3v) is 4.68. The molecule has 1 fully saturated rings. The number of hydrogen-bond donors (Lipinski definition) is 1. The third-order valence-electron chi connectivity index (χ3n) is 4.68. The molecular weight excluding hydrogens is 342 g/mol. The van der Waals surface area contributed by atoms with Gasteiger partial charge in [0.05, 0.1) is 5.92 Å². The first kappa shape index (κ1) is 17.1. The van der Waals surface area contributed by atoms with Gasteiger partial charge in [-0.25, -0.2) is 14.6 Å². The first-order valence-electron chi connectivity index (χ1n) is 9.03. The lowest BCUT2D eigenvalue weighted by Crippen LogP contribution is -2.43. The van der Waals surface area contributed by atoms with Crippen molar-refractivity contribution < 1.29 is 4.79 Å². The minimum Gasteiger partial charge on any atom is -0.356 e. The summed E-state index contributed by atoms with van der Waals surface area (Å²) < 4.78 is 1.70. The third kappa shape index (κ3) is 4.11. The van der Waals surface area contributed by atoms with E-state index in [-0.39, 0.29) is 11.8 Å². The lowest BCUT2D eigenvalue weighted by atomic mass is 9.97. The molecule has 1 amide bonds. The normalized spacial score (nSPS) is 16.9. The Balaban J connectivity index is 1.40. The van der Waals surface area contributed by atoms with Gasteiger partial charge >= 0.3 is 0 Å². The van der Waals surface area contributed by atoms with E-state index in [0.29, 0.717) is 18.9 Å². The highest BCUT2D eigenvalue weighted by molar-refractivity contribution is 5.79. The zero-order chi connectivity index (χ0) is 18.5. The maximum atomic E-state index is 12.6. The van der Waals surface area contributed by atoms with Crippen molar-refractivity contribution in [3.05, 3.63) is 60.9 Å². The highest BCUT2D eigenvalue weighted by Crippen LogP contribution is 2.22. The van der Waals surface area contributed by atoms with E-state index in [0.717, 1.165) is 30.8 Å². The van der Waals surface area contributed by atoms with Crippen LogP contribution in [0.3, 0.4) is 0 Å². The fourth-order valence-electron chi connectivity index (χ4n) is 3.28. The Labute approximate surface area is 157 Å². The van der Waals surface area contributed by atoms with E-state index in [1.54, 1.807) is 29.6 Å². The van der Waals surface area contributed by atoms with Crippen LogP contribution in [0.1, 0.15) is 18.4 Å². The van der Waals surface area contributed by atoms with Gasteiger partial charge in [-0.05, 0) is 30.5 Å². The molecular formula is C19H21N7O. The molecule has 0 unspecified atom stereocenters. The molecule has 1 aliphatic heterocycles. The smallest absolute Gasteiger partial charge is 0.225 e. The highest BCUT2D eigenvalue weighted by atomic mass is 16.1. The van der Waals surface area contributed by atoms with Crippen molar-refractivity contribution in [1.29, 1.82) is 0 Å².